The van der Waals surface area contributed by atoms with Crippen LogP contribution in [-0.2, 0) is 0 Å². The summed E-state index contributed by atoms with van der Waals surface area (Å²) in [4.78, 5) is 11.2. The highest BCUT2D eigenvalue weighted by Crippen LogP contribution is 2.33. The van der Waals surface area contributed by atoms with Gasteiger partial charge >= 0.3 is 0 Å². The molecular weight excluding hydrogens is 286 g/mol. The summed E-state index contributed by atoms with van der Waals surface area (Å²) >= 11 is 7.56. The number of halogens is 1. The Labute approximate surface area is 119 Å². The third-order valence-electron chi connectivity index (χ3n) is 2.40. The fourth-order valence-corrected chi connectivity index (χ4v) is 2.14. The summed E-state index contributed by atoms with van der Waals surface area (Å²) in [5, 5.41) is 10.8. The number of rotatable bonds is 4. The number of non-ortho nitro benzene ring substituents is 1. The molecule has 0 spiro atoms. The van der Waals surface area contributed by atoms with E-state index in [0.717, 1.165) is 4.90 Å². The lowest BCUT2D eigenvalue weighted by molar-refractivity contribution is -0.384. The Balaban J connectivity index is 2.25. The normalized spacial score (nSPS) is 10.2. The molecule has 0 saturated heterocycles. The second-order valence-corrected chi connectivity index (χ2v) is 4.94. The number of nitro groups is 1. The monoisotopic (exact) mass is 295 g/mol. The van der Waals surface area contributed by atoms with Gasteiger partial charge in [-0.2, -0.15) is 0 Å². The van der Waals surface area contributed by atoms with Crippen molar-refractivity contribution in [2.24, 2.45) is 0 Å². The molecule has 0 amide bonds. The van der Waals surface area contributed by atoms with Crippen LogP contribution in [0.2, 0.25) is 5.02 Å². The summed E-state index contributed by atoms with van der Waals surface area (Å²) in [6.07, 6.45) is 1.97. The van der Waals surface area contributed by atoms with Gasteiger partial charge in [0, 0.05) is 17.0 Å². The van der Waals surface area contributed by atoms with Crippen LogP contribution in [0.1, 0.15) is 0 Å². The molecule has 0 N–H and O–H groups in total. The standard InChI is InChI=1S/C13H10ClNO3S/c1-19-11-4-2-3-10(8-11)18-13-6-5-9(15(16)17)7-12(13)14/h2-8H,1H3. The van der Waals surface area contributed by atoms with Gasteiger partial charge in [-0.3, -0.25) is 10.1 Å². The minimum absolute atomic E-state index is 0.0600. The highest BCUT2D eigenvalue weighted by Gasteiger charge is 2.11. The molecule has 0 aromatic heterocycles. The highest BCUT2D eigenvalue weighted by atomic mass is 35.5. The van der Waals surface area contributed by atoms with E-state index in [4.69, 9.17) is 16.3 Å². The average Bonchev–Trinajstić information content (AvgIpc) is 2.41. The second kappa shape index (κ2) is 5.95. The first-order valence-corrected chi connectivity index (χ1v) is 6.96. The van der Waals surface area contributed by atoms with Crippen molar-refractivity contribution in [2.75, 3.05) is 6.26 Å². The zero-order chi connectivity index (χ0) is 13.8. The van der Waals surface area contributed by atoms with Crippen LogP contribution in [0.15, 0.2) is 47.4 Å². The fourth-order valence-electron chi connectivity index (χ4n) is 1.48. The van der Waals surface area contributed by atoms with Gasteiger partial charge in [0.15, 0.2) is 0 Å². The molecule has 0 aliphatic heterocycles. The number of benzene rings is 2. The molecule has 19 heavy (non-hydrogen) atoms. The van der Waals surface area contributed by atoms with Gasteiger partial charge in [-0.1, -0.05) is 17.7 Å². The average molecular weight is 296 g/mol. The maximum absolute atomic E-state index is 10.6. The first kappa shape index (κ1) is 13.7. The molecule has 0 heterocycles. The smallest absolute Gasteiger partial charge is 0.271 e. The van der Waals surface area contributed by atoms with E-state index in [9.17, 15) is 10.1 Å². The lowest BCUT2D eigenvalue weighted by Crippen LogP contribution is -1.90. The number of nitro benzene ring substituents is 1. The molecule has 0 radical (unpaired) electrons. The molecule has 0 fully saturated rings. The summed E-state index contributed by atoms with van der Waals surface area (Å²) in [5.74, 6) is 1.04. The molecule has 6 heteroatoms. The molecule has 0 aliphatic carbocycles. The number of hydrogen-bond acceptors (Lipinski definition) is 4. The third kappa shape index (κ3) is 3.39. The summed E-state index contributed by atoms with van der Waals surface area (Å²) in [5.41, 5.74) is -0.0600. The van der Waals surface area contributed by atoms with Gasteiger partial charge < -0.3 is 4.74 Å². The Kier molecular flexibility index (Phi) is 4.29. The van der Waals surface area contributed by atoms with Crippen LogP contribution in [0.25, 0.3) is 0 Å². The van der Waals surface area contributed by atoms with Gasteiger partial charge in [0.2, 0.25) is 0 Å². The summed E-state index contributed by atoms with van der Waals surface area (Å²) in [7, 11) is 0. The molecule has 0 bridgehead atoms. The Bertz CT molecular complexity index is 619. The van der Waals surface area contributed by atoms with Crippen LogP contribution >= 0.6 is 23.4 Å². The Morgan fingerprint density at radius 2 is 2.05 bits per heavy atom. The van der Waals surface area contributed by atoms with E-state index in [1.807, 2.05) is 24.5 Å². The van der Waals surface area contributed by atoms with Crippen molar-refractivity contribution in [1.29, 1.82) is 0 Å². The third-order valence-corrected chi connectivity index (χ3v) is 3.42. The number of thioether (sulfide) groups is 1. The first-order valence-electron chi connectivity index (χ1n) is 5.36. The molecule has 4 nitrogen and oxygen atoms in total. The molecule has 2 rings (SSSR count). The zero-order valence-corrected chi connectivity index (χ0v) is 11.6. The number of nitrogens with zero attached hydrogens (tertiary/aromatic N) is 1. The van der Waals surface area contributed by atoms with Crippen molar-refractivity contribution in [3.63, 3.8) is 0 Å². The molecule has 98 valence electrons. The maximum atomic E-state index is 10.6. The van der Waals surface area contributed by atoms with Crippen LogP contribution in [0.3, 0.4) is 0 Å². The van der Waals surface area contributed by atoms with Crippen molar-refractivity contribution in [2.45, 2.75) is 4.90 Å². The Morgan fingerprint density at radius 3 is 2.68 bits per heavy atom. The zero-order valence-electron chi connectivity index (χ0n) is 10.00. The molecule has 0 aliphatic rings. The molecule has 0 atom stereocenters. The SMILES string of the molecule is CSc1cccc(Oc2ccc([N+](=O)[O-])cc2Cl)c1. The van der Waals surface area contributed by atoms with Crippen molar-refractivity contribution in [3.05, 3.63) is 57.6 Å². The minimum Gasteiger partial charge on any atom is -0.456 e. The van der Waals surface area contributed by atoms with Crippen molar-refractivity contribution < 1.29 is 9.66 Å². The summed E-state index contributed by atoms with van der Waals surface area (Å²) in [6.45, 7) is 0. The van der Waals surface area contributed by atoms with Crippen LogP contribution in [-0.4, -0.2) is 11.2 Å². The second-order valence-electron chi connectivity index (χ2n) is 3.65. The molecule has 0 saturated carbocycles. The molecule has 2 aromatic carbocycles. The predicted molar refractivity (Wildman–Crippen MR) is 76.4 cm³/mol. The lowest BCUT2D eigenvalue weighted by atomic mass is 10.3. The Morgan fingerprint density at radius 1 is 1.26 bits per heavy atom. The summed E-state index contributed by atoms with van der Waals surface area (Å²) in [6, 6.07) is 11.6. The van der Waals surface area contributed by atoms with E-state index < -0.39 is 4.92 Å². The van der Waals surface area contributed by atoms with E-state index in [2.05, 4.69) is 0 Å². The van der Waals surface area contributed by atoms with Crippen LogP contribution in [0.5, 0.6) is 11.5 Å². The minimum atomic E-state index is -0.496. The number of ether oxygens (including phenoxy) is 1. The Hall–Kier alpha value is -1.72. The van der Waals surface area contributed by atoms with Crippen molar-refractivity contribution >= 4 is 29.1 Å². The number of hydrogen-bond donors (Lipinski definition) is 0. The van der Waals surface area contributed by atoms with Gasteiger partial charge in [0.1, 0.15) is 11.5 Å². The van der Waals surface area contributed by atoms with Crippen molar-refractivity contribution in [3.8, 4) is 11.5 Å². The highest BCUT2D eigenvalue weighted by molar-refractivity contribution is 7.98. The van der Waals surface area contributed by atoms with E-state index >= 15 is 0 Å². The quantitative estimate of drug-likeness (QED) is 0.463. The lowest BCUT2D eigenvalue weighted by Gasteiger charge is -2.08. The van der Waals surface area contributed by atoms with Crippen LogP contribution < -0.4 is 4.74 Å². The van der Waals surface area contributed by atoms with Crippen molar-refractivity contribution in [1.82, 2.24) is 0 Å². The fraction of sp³-hybridized carbons (Fsp3) is 0.0769. The van der Waals surface area contributed by atoms with Gasteiger partial charge in [-0.15, -0.1) is 11.8 Å². The summed E-state index contributed by atoms with van der Waals surface area (Å²) < 4.78 is 5.62. The van der Waals surface area contributed by atoms with Gasteiger partial charge in [0.05, 0.1) is 9.95 Å². The predicted octanol–water partition coefficient (Wildman–Crippen LogP) is 4.76. The molecule has 0 unspecified atom stereocenters. The van der Waals surface area contributed by atoms with Gasteiger partial charge in [0.25, 0.3) is 5.69 Å². The van der Waals surface area contributed by atoms with Crippen LogP contribution in [0.4, 0.5) is 5.69 Å². The van der Waals surface area contributed by atoms with Gasteiger partial charge in [-0.25, -0.2) is 0 Å². The largest absolute Gasteiger partial charge is 0.456 e. The maximum Gasteiger partial charge on any atom is 0.271 e. The van der Waals surface area contributed by atoms with E-state index in [-0.39, 0.29) is 10.7 Å². The van der Waals surface area contributed by atoms with Crippen LogP contribution in [0, 0.1) is 10.1 Å². The van der Waals surface area contributed by atoms with Gasteiger partial charge in [-0.05, 0) is 30.5 Å². The van der Waals surface area contributed by atoms with E-state index in [0.29, 0.717) is 11.5 Å². The first-order chi connectivity index (χ1) is 9.10. The van der Waals surface area contributed by atoms with E-state index in [1.165, 1.54) is 18.2 Å². The molecule has 2 aromatic rings. The topological polar surface area (TPSA) is 52.4 Å². The van der Waals surface area contributed by atoms with E-state index in [1.54, 1.807) is 17.8 Å². The molecular formula is C13H10ClNO3S.